The zero-order valence-corrected chi connectivity index (χ0v) is 11.2. The van der Waals surface area contributed by atoms with Crippen LogP contribution < -0.4 is 10.2 Å². The lowest BCUT2D eigenvalue weighted by Gasteiger charge is -2.40. The van der Waals surface area contributed by atoms with Crippen molar-refractivity contribution in [1.29, 1.82) is 0 Å². The minimum atomic E-state index is 0.0401. The molecule has 5 nitrogen and oxygen atoms in total. The van der Waals surface area contributed by atoms with Crippen LogP contribution in [0, 0.1) is 5.41 Å². The molecule has 0 bridgehead atoms. The van der Waals surface area contributed by atoms with Gasteiger partial charge < -0.3 is 10.2 Å². The second-order valence-electron chi connectivity index (χ2n) is 5.97. The first kappa shape index (κ1) is 12.8. The summed E-state index contributed by atoms with van der Waals surface area (Å²) >= 11 is 0. The monoisotopic (exact) mass is 248 g/mol. The third-order valence-corrected chi connectivity index (χ3v) is 2.81. The smallest absolute Gasteiger partial charge is 0.220 e. The van der Waals surface area contributed by atoms with Crippen molar-refractivity contribution >= 4 is 11.7 Å². The number of nitrogens with one attached hydrogen (secondary N) is 1. The predicted octanol–water partition coefficient (Wildman–Crippen LogP) is 1.22. The van der Waals surface area contributed by atoms with Crippen molar-refractivity contribution in [2.45, 2.75) is 33.2 Å². The van der Waals surface area contributed by atoms with Gasteiger partial charge in [-0.25, -0.2) is 4.98 Å². The molecule has 1 aliphatic rings. The third-order valence-electron chi connectivity index (χ3n) is 2.81. The summed E-state index contributed by atoms with van der Waals surface area (Å²) in [5.74, 6) is 1.00. The van der Waals surface area contributed by atoms with Gasteiger partial charge in [0.25, 0.3) is 0 Å². The van der Waals surface area contributed by atoms with E-state index in [1.807, 2.05) is 0 Å². The SMILES string of the molecule is CC(C)(C)CC(=O)NC1CN(c2cnccn2)C1. The highest BCUT2D eigenvalue weighted by Crippen LogP contribution is 2.20. The van der Waals surface area contributed by atoms with Crippen molar-refractivity contribution in [3.05, 3.63) is 18.6 Å². The normalized spacial score (nSPS) is 16.3. The van der Waals surface area contributed by atoms with E-state index in [0.717, 1.165) is 18.9 Å². The van der Waals surface area contributed by atoms with Crippen molar-refractivity contribution in [2.24, 2.45) is 5.41 Å². The van der Waals surface area contributed by atoms with Gasteiger partial charge in [-0.2, -0.15) is 0 Å². The maximum atomic E-state index is 11.7. The van der Waals surface area contributed by atoms with Crippen LogP contribution in [0.5, 0.6) is 0 Å². The zero-order chi connectivity index (χ0) is 13.2. The molecular formula is C13H20N4O. The zero-order valence-electron chi connectivity index (χ0n) is 11.2. The molecule has 1 aromatic rings. The fourth-order valence-corrected chi connectivity index (χ4v) is 1.97. The van der Waals surface area contributed by atoms with E-state index >= 15 is 0 Å². The Morgan fingerprint density at radius 3 is 2.72 bits per heavy atom. The van der Waals surface area contributed by atoms with E-state index in [0.29, 0.717) is 6.42 Å². The van der Waals surface area contributed by atoms with Gasteiger partial charge in [-0.15, -0.1) is 0 Å². The summed E-state index contributed by atoms with van der Waals surface area (Å²) in [4.78, 5) is 22.1. The molecule has 0 aromatic carbocycles. The number of rotatable bonds is 3. The highest BCUT2D eigenvalue weighted by Gasteiger charge is 2.29. The Balaban J connectivity index is 1.75. The summed E-state index contributed by atoms with van der Waals surface area (Å²) in [5, 5.41) is 3.04. The average Bonchev–Trinajstić information content (AvgIpc) is 2.21. The Morgan fingerprint density at radius 1 is 1.44 bits per heavy atom. The van der Waals surface area contributed by atoms with Gasteiger partial charge in [0.05, 0.1) is 12.2 Å². The maximum absolute atomic E-state index is 11.7. The van der Waals surface area contributed by atoms with Crippen LogP contribution in [-0.2, 0) is 4.79 Å². The first-order valence-electron chi connectivity index (χ1n) is 6.24. The summed E-state index contributed by atoms with van der Waals surface area (Å²) in [7, 11) is 0. The van der Waals surface area contributed by atoms with Crippen LogP contribution in [0.15, 0.2) is 18.6 Å². The number of carbonyl (C=O) groups is 1. The second kappa shape index (κ2) is 4.92. The molecule has 2 heterocycles. The van der Waals surface area contributed by atoms with Gasteiger partial charge in [0.2, 0.25) is 5.91 Å². The summed E-state index contributed by atoms with van der Waals surface area (Å²) in [6.07, 6.45) is 5.65. The van der Waals surface area contributed by atoms with Gasteiger partial charge in [0.15, 0.2) is 0 Å². The Bertz CT molecular complexity index is 407. The summed E-state index contributed by atoms with van der Waals surface area (Å²) < 4.78 is 0. The minimum absolute atomic E-state index is 0.0401. The van der Waals surface area contributed by atoms with Crippen molar-refractivity contribution in [2.75, 3.05) is 18.0 Å². The Hall–Kier alpha value is -1.65. The molecule has 0 aliphatic carbocycles. The first-order valence-corrected chi connectivity index (χ1v) is 6.24. The van der Waals surface area contributed by atoms with Crippen LogP contribution in [0.3, 0.4) is 0 Å². The molecule has 1 N–H and O–H groups in total. The van der Waals surface area contributed by atoms with Crippen LogP contribution in [0.1, 0.15) is 27.2 Å². The van der Waals surface area contributed by atoms with Crippen LogP contribution in [0.2, 0.25) is 0 Å². The Kier molecular flexibility index (Phi) is 3.50. The molecule has 5 heteroatoms. The maximum Gasteiger partial charge on any atom is 0.220 e. The molecule has 0 saturated carbocycles. The Morgan fingerprint density at radius 2 is 2.17 bits per heavy atom. The number of nitrogens with zero attached hydrogens (tertiary/aromatic N) is 3. The minimum Gasteiger partial charge on any atom is -0.351 e. The van der Waals surface area contributed by atoms with Gasteiger partial charge >= 0.3 is 0 Å². The lowest BCUT2D eigenvalue weighted by Crippen LogP contribution is -2.60. The summed E-state index contributed by atoms with van der Waals surface area (Å²) in [6, 6.07) is 0.238. The van der Waals surface area contributed by atoms with E-state index < -0.39 is 0 Å². The van der Waals surface area contributed by atoms with E-state index in [2.05, 4.69) is 41.0 Å². The van der Waals surface area contributed by atoms with Crippen molar-refractivity contribution in [3.8, 4) is 0 Å². The molecule has 0 unspecified atom stereocenters. The van der Waals surface area contributed by atoms with Gasteiger partial charge in [0.1, 0.15) is 5.82 Å². The molecule has 18 heavy (non-hydrogen) atoms. The fraction of sp³-hybridized carbons (Fsp3) is 0.615. The number of hydrogen-bond donors (Lipinski definition) is 1. The topological polar surface area (TPSA) is 58.1 Å². The van der Waals surface area contributed by atoms with E-state index in [-0.39, 0.29) is 17.4 Å². The number of aromatic nitrogens is 2. The van der Waals surface area contributed by atoms with Crippen molar-refractivity contribution in [1.82, 2.24) is 15.3 Å². The molecule has 1 aromatic heterocycles. The molecule has 1 fully saturated rings. The average molecular weight is 248 g/mol. The first-order chi connectivity index (χ1) is 8.44. The molecule has 0 spiro atoms. The van der Waals surface area contributed by atoms with Crippen molar-refractivity contribution < 1.29 is 4.79 Å². The van der Waals surface area contributed by atoms with E-state index in [9.17, 15) is 4.79 Å². The molecule has 0 atom stereocenters. The standard InChI is InChI=1S/C13H20N4O/c1-13(2,3)6-12(18)16-10-8-17(9-10)11-7-14-4-5-15-11/h4-5,7,10H,6,8-9H2,1-3H3,(H,16,18). The lowest BCUT2D eigenvalue weighted by atomic mass is 9.91. The quantitative estimate of drug-likeness (QED) is 0.873. The van der Waals surface area contributed by atoms with Crippen molar-refractivity contribution in [3.63, 3.8) is 0 Å². The van der Waals surface area contributed by atoms with Crippen LogP contribution in [-0.4, -0.2) is 35.0 Å². The van der Waals surface area contributed by atoms with Gasteiger partial charge in [0, 0.05) is 31.9 Å². The van der Waals surface area contributed by atoms with Gasteiger partial charge in [-0.1, -0.05) is 20.8 Å². The highest BCUT2D eigenvalue weighted by molar-refractivity contribution is 5.77. The predicted molar refractivity (Wildman–Crippen MR) is 70.2 cm³/mol. The summed E-state index contributed by atoms with van der Waals surface area (Å²) in [5.41, 5.74) is 0.0401. The van der Waals surface area contributed by atoms with E-state index in [4.69, 9.17) is 0 Å². The van der Waals surface area contributed by atoms with Crippen LogP contribution in [0.4, 0.5) is 5.82 Å². The van der Waals surface area contributed by atoms with Gasteiger partial charge in [-0.05, 0) is 5.41 Å². The summed E-state index contributed by atoms with van der Waals surface area (Å²) in [6.45, 7) is 7.83. The molecule has 2 rings (SSSR count). The van der Waals surface area contributed by atoms with Crippen LogP contribution in [0.25, 0.3) is 0 Å². The fourth-order valence-electron chi connectivity index (χ4n) is 1.97. The van der Waals surface area contributed by atoms with Crippen LogP contribution >= 0.6 is 0 Å². The molecule has 0 radical (unpaired) electrons. The Labute approximate surface area is 108 Å². The van der Waals surface area contributed by atoms with E-state index in [1.54, 1.807) is 18.6 Å². The lowest BCUT2D eigenvalue weighted by molar-refractivity contribution is -0.123. The molecule has 1 amide bonds. The number of anilines is 1. The number of carbonyl (C=O) groups excluding carboxylic acids is 1. The molecular weight excluding hydrogens is 228 g/mol. The molecule has 98 valence electrons. The highest BCUT2D eigenvalue weighted by atomic mass is 16.1. The second-order valence-corrected chi connectivity index (χ2v) is 5.97. The third kappa shape index (κ3) is 3.42. The molecule has 1 saturated heterocycles. The molecule has 1 aliphatic heterocycles. The largest absolute Gasteiger partial charge is 0.351 e. The van der Waals surface area contributed by atoms with Gasteiger partial charge in [-0.3, -0.25) is 9.78 Å². The number of amides is 1. The number of hydrogen-bond acceptors (Lipinski definition) is 4. The van der Waals surface area contributed by atoms with E-state index in [1.165, 1.54) is 0 Å².